The molecule has 3 aromatic carbocycles. The van der Waals surface area contributed by atoms with Crippen LogP contribution in [0, 0.1) is 10.1 Å². The van der Waals surface area contributed by atoms with E-state index in [1.165, 1.54) is 22.8 Å². The fourth-order valence-electron chi connectivity index (χ4n) is 3.71. The number of nitro benzene ring substituents is 1. The van der Waals surface area contributed by atoms with Gasteiger partial charge < -0.3 is 13.6 Å². The first-order chi connectivity index (χ1) is 15.5. The molecule has 9 heteroatoms. The molecule has 160 valence electrons. The Labute approximate surface area is 179 Å². The minimum absolute atomic E-state index is 0.0796. The molecule has 0 N–H and O–H groups in total. The van der Waals surface area contributed by atoms with Gasteiger partial charge in [0.1, 0.15) is 16.9 Å². The van der Waals surface area contributed by atoms with E-state index in [0.717, 1.165) is 16.4 Å². The quantitative estimate of drug-likeness (QED) is 0.164. The zero-order valence-electron chi connectivity index (χ0n) is 16.6. The maximum absolute atomic E-state index is 12.3. The number of carbonyl (C=O) groups is 1. The molecule has 0 aliphatic rings. The Bertz CT molecular complexity index is 1560. The minimum Gasteiger partial charge on any atom is -0.456 e. The summed E-state index contributed by atoms with van der Waals surface area (Å²) in [6.45, 7) is 0.212. The Morgan fingerprint density at radius 3 is 2.62 bits per heavy atom. The lowest BCUT2D eigenvalue weighted by atomic mass is 10.1. The van der Waals surface area contributed by atoms with Crippen LogP contribution >= 0.6 is 0 Å². The number of aromatic nitrogens is 1. The van der Waals surface area contributed by atoms with Gasteiger partial charge in [-0.15, -0.1) is 0 Å². The van der Waals surface area contributed by atoms with Gasteiger partial charge in [-0.2, -0.15) is 0 Å². The van der Waals surface area contributed by atoms with Crippen LogP contribution in [-0.2, 0) is 11.3 Å². The maximum atomic E-state index is 12.3. The van der Waals surface area contributed by atoms with E-state index < -0.39 is 16.6 Å². The number of nitrogens with zero attached hydrogens (tertiary/aromatic N) is 2. The van der Waals surface area contributed by atoms with Crippen LogP contribution in [0.4, 0.5) is 5.69 Å². The molecule has 0 bridgehead atoms. The lowest BCUT2D eigenvalue weighted by molar-refractivity contribution is -0.384. The molecule has 0 atom stereocenters. The molecule has 2 heterocycles. The van der Waals surface area contributed by atoms with Crippen molar-refractivity contribution in [3.05, 3.63) is 81.3 Å². The Balaban J connectivity index is 1.26. The molecule has 2 aromatic heterocycles. The van der Waals surface area contributed by atoms with E-state index in [4.69, 9.17) is 13.6 Å². The molecular weight excluding hydrogens is 416 g/mol. The predicted molar refractivity (Wildman–Crippen MR) is 116 cm³/mol. The molecule has 5 aromatic rings. The number of aryl methyl sites for hydroxylation is 1. The lowest BCUT2D eigenvalue weighted by Gasteiger charge is -2.05. The second-order valence-corrected chi connectivity index (χ2v) is 7.26. The summed E-state index contributed by atoms with van der Waals surface area (Å²) in [7, 11) is 0. The van der Waals surface area contributed by atoms with Crippen LogP contribution in [0.2, 0.25) is 0 Å². The van der Waals surface area contributed by atoms with Crippen molar-refractivity contribution >= 4 is 44.7 Å². The van der Waals surface area contributed by atoms with Crippen LogP contribution in [0.25, 0.3) is 33.0 Å². The first kappa shape index (κ1) is 19.6. The van der Waals surface area contributed by atoms with Crippen LogP contribution in [-0.4, -0.2) is 15.5 Å². The van der Waals surface area contributed by atoms with Crippen molar-refractivity contribution in [2.24, 2.45) is 0 Å². The minimum atomic E-state index is -0.633. The number of hydrogen-bond donors (Lipinski definition) is 0. The second-order valence-electron chi connectivity index (χ2n) is 7.26. The number of para-hydroxylation sites is 1. The number of ether oxygens (including phenoxy) is 1. The SMILES string of the molecule is O=C(CCCn1c(=O)oc2cc([N+](=O)[O-])ccc21)Oc1ccc2oc3ccccc3c2c1. The number of nitro groups is 1. The normalized spacial score (nSPS) is 11.4. The van der Waals surface area contributed by atoms with Crippen molar-refractivity contribution in [1.82, 2.24) is 4.57 Å². The molecule has 0 aliphatic carbocycles. The van der Waals surface area contributed by atoms with Crippen molar-refractivity contribution in [2.75, 3.05) is 0 Å². The topological polar surface area (TPSA) is 118 Å². The molecule has 0 amide bonds. The Hall–Kier alpha value is -4.40. The highest BCUT2D eigenvalue weighted by molar-refractivity contribution is 6.05. The summed E-state index contributed by atoms with van der Waals surface area (Å²) in [6, 6.07) is 16.8. The van der Waals surface area contributed by atoms with Crippen LogP contribution in [0.1, 0.15) is 12.8 Å². The van der Waals surface area contributed by atoms with Gasteiger partial charge >= 0.3 is 11.7 Å². The number of benzene rings is 3. The Morgan fingerprint density at radius 1 is 0.969 bits per heavy atom. The van der Waals surface area contributed by atoms with Gasteiger partial charge in [0.15, 0.2) is 5.58 Å². The highest BCUT2D eigenvalue weighted by atomic mass is 16.6. The molecule has 0 saturated heterocycles. The number of rotatable bonds is 6. The average Bonchev–Trinajstić information content (AvgIpc) is 3.30. The van der Waals surface area contributed by atoms with E-state index in [1.807, 2.05) is 24.3 Å². The van der Waals surface area contributed by atoms with Crippen LogP contribution in [0.15, 0.2) is 74.3 Å². The fraction of sp³-hybridized carbons (Fsp3) is 0.130. The maximum Gasteiger partial charge on any atom is 0.419 e. The van der Waals surface area contributed by atoms with Crippen molar-refractivity contribution < 1.29 is 23.3 Å². The molecular formula is C23H16N2O7. The van der Waals surface area contributed by atoms with Gasteiger partial charge in [-0.05, 0) is 36.8 Å². The summed E-state index contributed by atoms with van der Waals surface area (Å²) in [5, 5.41) is 12.7. The van der Waals surface area contributed by atoms with Gasteiger partial charge in [0, 0.05) is 29.8 Å². The van der Waals surface area contributed by atoms with Gasteiger partial charge in [-0.1, -0.05) is 18.2 Å². The summed E-state index contributed by atoms with van der Waals surface area (Å²) in [5.74, 6) is -0.660. The van der Waals surface area contributed by atoms with E-state index in [-0.39, 0.29) is 24.2 Å². The van der Waals surface area contributed by atoms with Crippen molar-refractivity contribution in [3.8, 4) is 5.75 Å². The Kier molecular flexibility index (Phi) is 4.70. The van der Waals surface area contributed by atoms with Gasteiger partial charge in [0.05, 0.1) is 16.5 Å². The average molecular weight is 432 g/mol. The monoisotopic (exact) mass is 432 g/mol. The summed E-state index contributed by atoms with van der Waals surface area (Å²) < 4.78 is 17.7. The highest BCUT2D eigenvalue weighted by Crippen LogP contribution is 2.31. The molecule has 0 radical (unpaired) electrons. The number of hydrogen-bond acceptors (Lipinski definition) is 7. The summed E-state index contributed by atoms with van der Waals surface area (Å²) in [6.07, 6.45) is 0.414. The Morgan fingerprint density at radius 2 is 1.78 bits per heavy atom. The number of furan rings is 1. The highest BCUT2D eigenvalue weighted by Gasteiger charge is 2.15. The zero-order chi connectivity index (χ0) is 22.2. The summed E-state index contributed by atoms with van der Waals surface area (Å²) >= 11 is 0. The standard InChI is InChI=1S/C23H16N2O7/c26-22(30-15-8-10-20-17(13-15)16-4-1-2-5-19(16)31-20)6-3-11-24-18-9-7-14(25(28)29)12-21(18)32-23(24)27/h1-2,4-5,7-10,12-13H,3,6,11H2. The number of oxazole rings is 1. The summed E-state index contributed by atoms with van der Waals surface area (Å²) in [5.41, 5.74) is 1.87. The fourth-order valence-corrected chi connectivity index (χ4v) is 3.71. The van der Waals surface area contributed by atoms with Crippen LogP contribution in [0.3, 0.4) is 0 Å². The molecule has 0 fully saturated rings. The third-order valence-corrected chi connectivity index (χ3v) is 5.21. The van der Waals surface area contributed by atoms with Gasteiger partial charge in [0.2, 0.25) is 0 Å². The molecule has 0 spiro atoms. The number of fused-ring (bicyclic) bond motifs is 4. The summed E-state index contributed by atoms with van der Waals surface area (Å²) in [4.78, 5) is 34.7. The van der Waals surface area contributed by atoms with Crippen LogP contribution < -0.4 is 10.5 Å². The predicted octanol–water partition coefficient (Wildman–Crippen LogP) is 4.79. The first-order valence-corrected chi connectivity index (χ1v) is 9.89. The third kappa shape index (κ3) is 3.49. The van der Waals surface area contributed by atoms with Crippen LogP contribution in [0.5, 0.6) is 5.75 Å². The van der Waals surface area contributed by atoms with Crippen molar-refractivity contribution in [2.45, 2.75) is 19.4 Å². The number of esters is 1. The smallest absolute Gasteiger partial charge is 0.419 e. The van der Waals surface area contributed by atoms with E-state index in [1.54, 1.807) is 18.2 Å². The lowest BCUT2D eigenvalue weighted by Crippen LogP contribution is -2.16. The van der Waals surface area contributed by atoms with Gasteiger partial charge in [0.25, 0.3) is 5.69 Å². The molecule has 9 nitrogen and oxygen atoms in total. The largest absolute Gasteiger partial charge is 0.456 e. The van der Waals surface area contributed by atoms with Crippen molar-refractivity contribution in [1.29, 1.82) is 0 Å². The molecule has 0 aliphatic heterocycles. The van der Waals surface area contributed by atoms with Gasteiger partial charge in [-0.25, -0.2) is 4.79 Å². The second kappa shape index (κ2) is 7.69. The van der Waals surface area contributed by atoms with E-state index in [2.05, 4.69) is 0 Å². The third-order valence-electron chi connectivity index (χ3n) is 5.21. The van der Waals surface area contributed by atoms with E-state index >= 15 is 0 Å². The van der Waals surface area contributed by atoms with E-state index in [0.29, 0.717) is 23.3 Å². The molecule has 5 rings (SSSR count). The number of carbonyl (C=O) groups excluding carboxylic acids is 1. The van der Waals surface area contributed by atoms with Crippen molar-refractivity contribution in [3.63, 3.8) is 0 Å². The zero-order valence-corrected chi connectivity index (χ0v) is 16.6. The van der Waals surface area contributed by atoms with Gasteiger partial charge in [-0.3, -0.25) is 19.5 Å². The molecule has 0 saturated carbocycles. The first-order valence-electron chi connectivity index (χ1n) is 9.89. The molecule has 32 heavy (non-hydrogen) atoms. The van der Waals surface area contributed by atoms with E-state index in [9.17, 15) is 19.7 Å². The number of non-ortho nitro benzene ring substituents is 1. The molecule has 0 unspecified atom stereocenters.